The van der Waals surface area contributed by atoms with Crippen molar-refractivity contribution in [3.05, 3.63) is 24.3 Å². The molecule has 1 heterocycles. The summed E-state index contributed by atoms with van der Waals surface area (Å²) in [6.07, 6.45) is 0.0482. The third-order valence-electron chi connectivity index (χ3n) is 2.19. The fraction of sp³-hybridized carbons (Fsp3) is 0.455. The van der Waals surface area contributed by atoms with Crippen LogP contribution in [0.2, 0.25) is 0 Å². The second kappa shape index (κ2) is 5.00. The Morgan fingerprint density at radius 3 is 2.60 bits per heavy atom. The molecule has 15 heavy (non-hydrogen) atoms. The first-order valence-corrected chi connectivity index (χ1v) is 4.84. The molecule has 0 amide bonds. The van der Waals surface area contributed by atoms with Crippen molar-refractivity contribution in [3.8, 4) is 11.5 Å². The second-order valence-corrected chi connectivity index (χ2v) is 3.26. The van der Waals surface area contributed by atoms with E-state index < -0.39 is 0 Å². The van der Waals surface area contributed by atoms with E-state index >= 15 is 0 Å². The van der Waals surface area contributed by atoms with Crippen molar-refractivity contribution >= 4 is 0 Å². The van der Waals surface area contributed by atoms with Gasteiger partial charge in [-0.3, -0.25) is 0 Å². The number of benzene rings is 1. The van der Waals surface area contributed by atoms with Gasteiger partial charge in [-0.05, 0) is 24.3 Å². The summed E-state index contributed by atoms with van der Waals surface area (Å²) in [4.78, 5) is 0. The van der Waals surface area contributed by atoms with E-state index in [1.165, 1.54) is 0 Å². The molecule has 1 fully saturated rings. The summed E-state index contributed by atoms with van der Waals surface area (Å²) in [7, 11) is 1.64. The molecule has 0 saturated carbocycles. The minimum Gasteiger partial charge on any atom is -0.497 e. The zero-order valence-electron chi connectivity index (χ0n) is 8.64. The lowest BCUT2D eigenvalue weighted by atomic mass is 10.3. The van der Waals surface area contributed by atoms with Gasteiger partial charge in [0.05, 0.1) is 13.7 Å². The van der Waals surface area contributed by atoms with Crippen LogP contribution >= 0.6 is 0 Å². The molecule has 4 nitrogen and oxygen atoms in total. The van der Waals surface area contributed by atoms with Crippen molar-refractivity contribution < 1.29 is 18.9 Å². The van der Waals surface area contributed by atoms with Gasteiger partial charge in [0.25, 0.3) is 0 Å². The molecule has 2 rings (SSSR count). The summed E-state index contributed by atoms with van der Waals surface area (Å²) < 4.78 is 20.9. The van der Waals surface area contributed by atoms with Crippen molar-refractivity contribution in [2.24, 2.45) is 0 Å². The fourth-order valence-electron chi connectivity index (χ4n) is 1.33. The third kappa shape index (κ3) is 2.84. The van der Waals surface area contributed by atoms with E-state index in [2.05, 4.69) is 0 Å². The summed E-state index contributed by atoms with van der Waals surface area (Å²) in [5.74, 6) is 1.63. The highest BCUT2D eigenvalue weighted by Crippen LogP contribution is 2.17. The first kappa shape index (κ1) is 10.3. The molecule has 82 valence electrons. The van der Waals surface area contributed by atoms with E-state index in [1.807, 2.05) is 24.3 Å². The van der Waals surface area contributed by atoms with Crippen LogP contribution in [-0.2, 0) is 9.47 Å². The number of ether oxygens (including phenoxy) is 4. The van der Waals surface area contributed by atoms with Gasteiger partial charge in [0.15, 0.2) is 0 Å². The SMILES string of the molecule is COc1ccc(OCC2COCO2)cc1. The van der Waals surface area contributed by atoms with Crippen molar-refractivity contribution in [2.45, 2.75) is 6.10 Å². The van der Waals surface area contributed by atoms with Gasteiger partial charge < -0.3 is 18.9 Å². The zero-order valence-corrected chi connectivity index (χ0v) is 8.64. The van der Waals surface area contributed by atoms with E-state index in [0.29, 0.717) is 20.0 Å². The van der Waals surface area contributed by atoms with Crippen molar-refractivity contribution in [1.29, 1.82) is 0 Å². The lowest BCUT2D eigenvalue weighted by molar-refractivity contribution is 0.0320. The van der Waals surface area contributed by atoms with Crippen LogP contribution in [0.3, 0.4) is 0 Å². The Morgan fingerprint density at radius 1 is 1.27 bits per heavy atom. The molecule has 4 heteroatoms. The topological polar surface area (TPSA) is 36.9 Å². The molecule has 1 aliphatic rings. The normalized spacial score (nSPS) is 20.2. The average molecular weight is 210 g/mol. The minimum atomic E-state index is 0.0482. The van der Waals surface area contributed by atoms with Crippen LogP contribution in [0.4, 0.5) is 0 Å². The zero-order chi connectivity index (χ0) is 10.5. The summed E-state index contributed by atoms with van der Waals surface area (Å²) >= 11 is 0. The summed E-state index contributed by atoms with van der Waals surface area (Å²) in [6, 6.07) is 7.46. The van der Waals surface area contributed by atoms with Crippen molar-refractivity contribution in [1.82, 2.24) is 0 Å². The maximum Gasteiger partial charge on any atom is 0.147 e. The van der Waals surface area contributed by atoms with Crippen LogP contribution in [0.15, 0.2) is 24.3 Å². The number of hydrogen-bond donors (Lipinski definition) is 0. The van der Waals surface area contributed by atoms with E-state index in [-0.39, 0.29) is 6.10 Å². The van der Waals surface area contributed by atoms with Gasteiger partial charge in [0, 0.05) is 0 Å². The van der Waals surface area contributed by atoms with Crippen molar-refractivity contribution in [3.63, 3.8) is 0 Å². The number of rotatable bonds is 4. The molecule has 1 aromatic carbocycles. The Balaban J connectivity index is 1.82. The highest BCUT2D eigenvalue weighted by Gasteiger charge is 2.16. The predicted octanol–water partition coefficient (Wildman–Crippen LogP) is 1.45. The van der Waals surface area contributed by atoms with Crippen LogP contribution in [0.1, 0.15) is 0 Å². The quantitative estimate of drug-likeness (QED) is 0.753. The molecule has 0 radical (unpaired) electrons. The van der Waals surface area contributed by atoms with Gasteiger partial charge in [-0.2, -0.15) is 0 Å². The molecule has 1 atom stereocenters. The second-order valence-electron chi connectivity index (χ2n) is 3.26. The Kier molecular flexibility index (Phi) is 3.42. The molecular weight excluding hydrogens is 196 g/mol. The molecule has 0 N–H and O–H groups in total. The van der Waals surface area contributed by atoms with Crippen LogP contribution < -0.4 is 9.47 Å². The smallest absolute Gasteiger partial charge is 0.147 e. The Labute approximate surface area is 88.7 Å². The Bertz CT molecular complexity index is 290. The Morgan fingerprint density at radius 2 is 2.00 bits per heavy atom. The van der Waals surface area contributed by atoms with E-state index in [9.17, 15) is 0 Å². The highest BCUT2D eigenvalue weighted by molar-refractivity contribution is 5.31. The molecule has 1 unspecified atom stereocenters. The van der Waals surface area contributed by atoms with Crippen LogP contribution in [-0.4, -0.2) is 33.2 Å². The highest BCUT2D eigenvalue weighted by atomic mass is 16.7. The summed E-state index contributed by atoms with van der Waals surface area (Å²) in [5, 5.41) is 0. The molecule has 0 spiro atoms. The summed E-state index contributed by atoms with van der Waals surface area (Å²) in [5.41, 5.74) is 0. The molecule has 0 aliphatic carbocycles. The maximum atomic E-state index is 5.53. The molecule has 0 bridgehead atoms. The minimum absolute atomic E-state index is 0.0482. The first-order chi connectivity index (χ1) is 7.38. The lowest BCUT2D eigenvalue weighted by Gasteiger charge is -2.10. The van der Waals surface area contributed by atoms with Gasteiger partial charge in [0.1, 0.15) is 31.0 Å². The fourth-order valence-corrected chi connectivity index (χ4v) is 1.33. The molecule has 1 aromatic rings. The van der Waals surface area contributed by atoms with Crippen molar-refractivity contribution in [2.75, 3.05) is 27.1 Å². The Hall–Kier alpha value is -1.26. The third-order valence-corrected chi connectivity index (χ3v) is 2.19. The number of methoxy groups -OCH3 is 1. The van der Waals surface area contributed by atoms with Gasteiger partial charge in [-0.15, -0.1) is 0 Å². The first-order valence-electron chi connectivity index (χ1n) is 4.84. The largest absolute Gasteiger partial charge is 0.497 e. The molecule has 1 aliphatic heterocycles. The summed E-state index contributed by atoms with van der Waals surface area (Å²) in [6.45, 7) is 1.50. The molecule has 1 saturated heterocycles. The van der Waals surface area contributed by atoms with Gasteiger partial charge >= 0.3 is 0 Å². The van der Waals surface area contributed by atoms with Gasteiger partial charge in [-0.1, -0.05) is 0 Å². The predicted molar refractivity (Wildman–Crippen MR) is 54.2 cm³/mol. The number of hydrogen-bond acceptors (Lipinski definition) is 4. The van der Waals surface area contributed by atoms with Gasteiger partial charge in [0.2, 0.25) is 0 Å². The van der Waals surface area contributed by atoms with Crippen LogP contribution in [0.25, 0.3) is 0 Å². The van der Waals surface area contributed by atoms with Gasteiger partial charge in [-0.25, -0.2) is 0 Å². The van der Waals surface area contributed by atoms with E-state index in [4.69, 9.17) is 18.9 Å². The molecular formula is C11H14O4. The maximum absolute atomic E-state index is 5.53. The average Bonchev–Trinajstić information content (AvgIpc) is 2.80. The van der Waals surface area contributed by atoms with E-state index in [0.717, 1.165) is 11.5 Å². The monoisotopic (exact) mass is 210 g/mol. The molecule has 0 aromatic heterocycles. The van der Waals surface area contributed by atoms with Crippen LogP contribution in [0, 0.1) is 0 Å². The van der Waals surface area contributed by atoms with Crippen LogP contribution in [0.5, 0.6) is 11.5 Å². The lowest BCUT2D eigenvalue weighted by Crippen LogP contribution is -2.19. The standard InChI is InChI=1S/C11H14O4/c1-12-9-2-4-10(5-3-9)14-7-11-6-13-8-15-11/h2-5,11H,6-8H2,1H3. The van der Waals surface area contributed by atoms with E-state index in [1.54, 1.807) is 7.11 Å².